The van der Waals surface area contributed by atoms with Crippen LogP contribution in [0.1, 0.15) is 37.8 Å². The molecule has 3 unspecified atom stereocenters. The molecule has 0 aliphatic carbocycles. The number of alkyl halides is 3. The molecule has 1 saturated heterocycles. The minimum Gasteiger partial charge on any atom is -0.469 e. The molecule has 1 aromatic rings. The Balaban J connectivity index is 0.000000412. The van der Waals surface area contributed by atoms with Gasteiger partial charge in [0.05, 0.1) is 25.6 Å². The number of amides is 2. The predicted octanol–water partition coefficient (Wildman–Crippen LogP) is 0.607. The summed E-state index contributed by atoms with van der Waals surface area (Å²) in [5.74, 6) is -0.459. The van der Waals surface area contributed by atoms with Crippen LogP contribution in [0.4, 0.5) is 23.8 Å². The normalized spacial score (nSPS) is 20.2. The molecule has 0 saturated carbocycles. The van der Waals surface area contributed by atoms with Crippen LogP contribution in [0.5, 0.6) is 0 Å². The van der Waals surface area contributed by atoms with Crippen LogP contribution < -0.4 is 16.4 Å². The van der Waals surface area contributed by atoms with E-state index in [2.05, 4.69) is 25.3 Å². The third-order valence-electron chi connectivity index (χ3n) is 4.50. The monoisotopic (exact) mass is 481 g/mol. The number of nitrogen functional groups attached to an aromatic ring is 1. The maximum absolute atomic E-state index is 11.8. The van der Waals surface area contributed by atoms with Crippen molar-refractivity contribution in [1.29, 1.82) is 0 Å². The average molecular weight is 481 g/mol. The molecule has 2 heterocycles. The zero-order valence-electron chi connectivity index (χ0n) is 18.2. The molecular formula is C19H30F3N5O6. The van der Waals surface area contributed by atoms with Crippen LogP contribution in [-0.2, 0) is 20.4 Å². The molecule has 2 rings (SSSR count). The molecule has 1 aliphatic rings. The van der Waals surface area contributed by atoms with Crippen molar-refractivity contribution in [3.8, 4) is 0 Å². The summed E-state index contributed by atoms with van der Waals surface area (Å²) in [7, 11) is 1.36. The Morgan fingerprint density at radius 2 is 1.97 bits per heavy atom. The second-order valence-corrected chi connectivity index (χ2v) is 7.11. The quantitative estimate of drug-likeness (QED) is 0.264. The molecule has 0 bridgehead atoms. The van der Waals surface area contributed by atoms with Crippen molar-refractivity contribution in [3.63, 3.8) is 0 Å². The van der Waals surface area contributed by atoms with Gasteiger partial charge in [-0.25, -0.2) is 9.78 Å². The van der Waals surface area contributed by atoms with Crippen LogP contribution in [0, 0.1) is 0 Å². The van der Waals surface area contributed by atoms with Gasteiger partial charge in [0.2, 0.25) is 0 Å². The van der Waals surface area contributed by atoms with E-state index < -0.39 is 30.2 Å². The summed E-state index contributed by atoms with van der Waals surface area (Å²) in [6.45, 7) is 1.02. The smallest absolute Gasteiger partial charge is 0.434 e. The minimum atomic E-state index is -4.47. The van der Waals surface area contributed by atoms with E-state index >= 15 is 0 Å². The van der Waals surface area contributed by atoms with Crippen LogP contribution in [0.2, 0.25) is 0 Å². The summed E-state index contributed by atoms with van der Waals surface area (Å²) >= 11 is 0. The standard InChI is InChI=1S/C14H26N2O6.C5H4F3N3/c1-21-12(18)5-3-2-4-7-15-14(20)16-9-11-13(19)10(17)6-8-22-11;6-5(7,8)3-1-10-2-4(9)11-3/h10-11,13,17,19H,2-9H2,1H3,(H2,15,16,20);1-2H,(H2,9,11). The second kappa shape index (κ2) is 14.4. The number of ether oxygens (including phenoxy) is 2. The molecule has 6 N–H and O–H groups in total. The van der Waals surface area contributed by atoms with E-state index in [9.17, 15) is 33.0 Å². The second-order valence-electron chi connectivity index (χ2n) is 7.11. The average Bonchev–Trinajstić information content (AvgIpc) is 2.76. The maximum Gasteiger partial charge on any atom is 0.434 e. The summed E-state index contributed by atoms with van der Waals surface area (Å²) < 4.78 is 45.3. The number of nitrogens with zero attached hydrogens (tertiary/aromatic N) is 2. The minimum absolute atomic E-state index is 0.145. The summed E-state index contributed by atoms with van der Waals surface area (Å²) in [5.41, 5.74) is 3.91. The van der Waals surface area contributed by atoms with E-state index in [0.717, 1.165) is 25.5 Å². The lowest BCUT2D eigenvalue weighted by molar-refractivity contribution is -0.141. The molecule has 1 aromatic heterocycles. The summed E-state index contributed by atoms with van der Waals surface area (Å²) in [6, 6.07) is -0.344. The van der Waals surface area contributed by atoms with Crippen LogP contribution >= 0.6 is 0 Å². The number of unbranched alkanes of at least 4 members (excludes halogenated alkanes) is 2. The lowest BCUT2D eigenvalue weighted by Crippen LogP contribution is -2.51. The molecule has 1 fully saturated rings. The first-order valence-corrected chi connectivity index (χ1v) is 10.3. The van der Waals surface area contributed by atoms with E-state index in [-0.39, 0.29) is 24.4 Å². The number of carbonyl (C=O) groups is 2. The number of urea groups is 1. The fourth-order valence-corrected chi connectivity index (χ4v) is 2.69. The number of halogens is 3. The van der Waals surface area contributed by atoms with Gasteiger partial charge < -0.3 is 36.1 Å². The van der Waals surface area contributed by atoms with Gasteiger partial charge >= 0.3 is 18.2 Å². The van der Waals surface area contributed by atoms with Crippen molar-refractivity contribution in [2.45, 2.75) is 56.6 Å². The number of nitrogens with two attached hydrogens (primary N) is 1. The van der Waals surface area contributed by atoms with E-state index in [1.165, 1.54) is 7.11 Å². The lowest BCUT2D eigenvalue weighted by Gasteiger charge is -2.32. The van der Waals surface area contributed by atoms with Crippen molar-refractivity contribution < 1.29 is 42.4 Å². The van der Waals surface area contributed by atoms with Crippen LogP contribution in [0.15, 0.2) is 12.4 Å². The van der Waals surface area contributed by atoms with Crippen LogP contribution in [0.3, 0.4) is 0 Å². The van der Waals surface area contributed by atoms with Gasteiger partial charge in [-0.15, -0.1) is 0 Å². The highest BCUT2D eigenvalue weighted by Crippen LogP contribution is 2.26. The van der Waals surface area contributed by atoms with Gasteiger partial charge in [-0.2, -0.15) is 13.2 Å². The first-order chi connectivity index (χ1) is 15.5. The Kier molecular flexibility index (Phi) is 12.4. The fraction of sp³-hybridized carbons (Fsp3) is 0.684. The van der Waals surface area contributed by atoms with Gasteiger partial charge in [0.15, 0.2) is 5.69 Å². The topological polar surface area (TPSA) is 169 Å². The Labute approximate surface area is 188 Å². The van der Waals surface area contributed by atoms with Crippen molar-refractivity contribution in [2.24, 2.45) is 0 Å². The number of hydrogen-bond acceptors (Lipinski definition) is 9. The largest absolute Gasteiger partial charge is 0.469 e. The summed E-state index contributed by atoms with van der Waals surface area (Å²) in [6.07, 6.45) is -2.06. The van der Waals surface area contributed by atoms with E-state index in [4.69, 9.17) is 10.5 Å². The first kappa shape index (κ1) is 28.3. The zero-order chi connectivity index (χ0) is 24.9. The maximum atomic E-state index is 11.8. The van der Waals surface area contributed by atoms with E-state index in [1.54, 1.807) is 0 Å². The molecule has 33 heavy (non-hydrogen) atoms. The number of aliphatic hydroxyl groups is 2. The van der Waals surface area contributed by atoms with Gasteiger partial charge in [0.1, 0.15) is 18.0 Å². The molecule has 0 aromatic carbocycles. The Morgan fingerprint density at radius 3 is 2.58 bits per heavy atom. The Bertz CT molecular complexity index is 740. The molecule has 3 atom stereocenters. The number of methoxy groups -OCH3 is 1. The van der Waals surface area contributed by atoms with Gasteiger partial charge in [-0.3, -0.25) is 9.78 Å². The first-order valence-electron chi connectivity index (χ1n) is 10.3. The van der Waals surface area contributed by atoms with Gasteiger partial charge in [0, 0.05) is 26.1 Å². The molecule has 11 nitrogen and oxygen atoms in total. The van der Waals surface area contributed by atoms with Gasteiger partial charge in [-0.1, -0.05) is 6.42 Å². The number of rotatable bonds is 8. The van der Waals surface area contributed by atoms with Crippen molar-refractivity contribution in [2.75, 3.05) is 32.5 Å². The highest BCUT2D eigenvalue weighted by Gasteiger charge is 2.33. The predicted molar refractivity (Wildman–Crippen MR) is 110 cm³/mol. The molecule has 0 spiro atoms. The van der Waals surface area contributed by atoms with Crippen molar-refractivity contribution in [1.82, 2.24) is 20.6 Å². The van der Waals surface area contributed by atoms with Crippen LogP contribution in [0.25, 0.3) is 0 Å². The number of carbonyl (C=O) groups excluding carboxylic acids is 2. The Hall–Kier alpha value is -2.71. The molecule has 188 valence electrons. The zero-order valence-corrected chi connectivity index (χ0v) is 18.2. The van der Waals surface area contributed by atoms with Crippen molar-refractivity contribution in [3.05, 3.63) is 18.1 Å². The highest BCUT2D eigenvalue weighted by molar-refractivity contribution is 5.73. The Morgan fingerprint density at radius 1 is 1.24 bits per heavy atom. The number of hydrogen-bond donors (Lipinski definition) is 5. The fourth-order valence-electron chi connectivity index (χ4n) is 2.69. The molecule has 14 heteroatoms. The molecule has 2 amide bonds. The lowest BCUT2D eigenvalue weighted by atomic mass is 10.0. The van der Waals surface area contributed by atoms with Gasteiger partial charge in [0.25, 0.3) is 0 Å². The third-order valence-corrected chi connectivity index (χ3v) is 4.50. The highest BCUT2D eigenvalue weighted by atomic mass is 19.4. The SMILES string of the molecule is COC(=O)CCCCCNC(=O)NCC1OCCC(O)C1O.Nc1cncc(C(F)(F)F)n1. The van der Waals surface area contributed by atoms with Gasteiger partial charge in [-0.05, 0) is 19.3 Å². The number of aromatic nitrogens is 2. The number of aliphatic hydroxyl groups excluding tert-OH is 2. The van der Waals surface area contributed by atoms with Crippen molar-refractivity contribution >= 4 is 17.8 Å². The molecule has 1 aliphatic heterocycles. The summed E-state index contributed by atoms with van der Waals surface area (Å²) in [4.78, 5) is 28.7. The van der Waals surface area contributed by atoms with E-state index in [1.807, 2.05) is 0 Å². The molecule has 0 radical (unpaired) electrons. The van der Waals surface area contributed by atoms with E-state index in [0.29, 0.717) is 32.2 Å². The number of anilines is 1. The van der Waals surface area contributed by atoms with Crippen LogP contribution in [-0.4, -0.2) is 77.3 Å². The number of nitrogens with one attached hydrogen (secondary N) is 2. The molecular weight excluding hydrogens is 451 g/mol. The third kappa shape index (κ3) is 11.6. The summed E-state index contributed by atoms with van der Waals surface area (Å²) in [5, 5.41) is 24.5. The number of esters is 1.